The molecule has 0 aliphatic rings. The van der Waals surface area contributed by atoms with Gasteiger partial charge in [0.15, 0.2) is 0 Å². The molecule has 1 amide bonds. The van der Waals surface area contributed by atoms with Crippen molar-refractivity contribution in [2.24, 2.45) is 0 Å². The highest BCUT2D eigenvalue weighted by molar-refractivity contribution is 7.10. The molecule has 5 nitrogen and oxygen atoms in total. The van der Waals surface area contributed by atoms with Crippen LogP contribution in [0.4, 0.5) is 0 Å². The first-order valence-electron chi connectivity index (χ1n) is 9.01. The molecule has 2 heterocycles. The Hall–Kier alpha value is -3.17. The van der Waals surface area contributed by atoms with Crippen molar-refractivity contribution in [3.05, 3.63) is 91.0 Å². The Bertz CT molecular complexity index is 1060. The van der Waals surface area contributed by atoms with Crippen LogP contribution in [0.15, 0.2) is 52.6 Å². The highest BCUT2D eigenvalue weighted by atomic mass is 32.1. The molecule has 0 saturated heterocycles. The number of thiophene rings is 1. The maximum Gasteiger partial charge on any atom is 0.266 e. The molecule has 1 atom stereocenters. The largest absolute Gasteiger partial charge is 0.344 e. The molecule has 0 saturated carbocycles. The van der Waals surface area contributed by atoms with E-state index in [2.05, 4.69) is 10.3 Å². The summed E-state index contributed by atoms with van der Waals surface area (Å²) in [5, 5.41) is 14.3. The molecule has 0 bridgehead atoms. The van der Waals surface area contributed by atoms with E-state index in [4.69, 9.17) is 0 Å². The molecule has 0 radical (unpaired) electrons. The van der Waals surface area contributed by atoms with Gasteiger partial charge in [-0.15, -0.1) is 11.3 Å². The maximum absolute atomic E-state index is 12.7. The van der Waals surface area contributed by atoms with Gasteiger partial charge >= 0.3 is 0 Å². The molecule has 0 unspecified atom stereocenters. The summed E-state index contributed by atoms with van der Waals surface area (Å²) < 4.78 is 0. The second-order valence-electron chi connectivity index (χ2n) is 6.60. The van der Waals surface area contributed by atoms with Crippen LogP contribution >= 0.6 is 11.3 Å². The molecule has 1 aromatic carbocycles. The lowest BCUT2D eigenvalue weighted by molar-refractivity contribution is -0.121. The number of nitrogens with zero attached hydrogens (tertiary/aromatic N) is 1. The Morgan fingerprint density at radius 3 is 2.61 bits per heavy atom. The van der Waals surface area contributed by atoms with Crippen molar-refractivity contribution < 1.29 is 4.79 Å². The van der Waals surface area contributed by atoms with E-state index in [1.165, 1.54) is 0 Å². The van der Waals surface area contributed by atoms with E-state index < -0.39 is 0 Å². The first kappa shape index (κ1) is 19.6. The third-order valence-corrected chi connectivity index (χ3v) is 5.73. The van der Waals surface area contributed by atoms with Crippen LogP contribution in [0, 0.1) is 25.2 Å². The lowest BCUT2D eigenvalue weighted by Gasteiger charge is -2.18. The number of nitriles is 1. The number of amides is 1. The number of aryl methyl sites for hydroxylation is 1. The van der Waals surface area contributed by atoms with Crippen molar-refractivity contribution in [2.75, 3.05) is 0 Å². The van der Waals surface area contributed by atoms with Crippen LogP contribution in [0.5, 0.6) is 0 Å². The fourth-order valence-electron chi connectivity index (χ4n) is 3.31. The molecule has 2 aromatic heterocycles. The number of carbonyl (C=O) groups excluding carboxylic acids is 1. The molecule has 28 heavy (non-hydrogen) atoms. The van der Waals surface area contributed by atoms with Crippen LogP contribution in [-0.4, -0.2) is 10.9 Å². The average molecular weight is 391 g/mol. The third-order valence-electron chi connectivity index (χ3n) is 4.79. The molecule has 0 aliphatic carbocycles. The number of pyridine rings is 1. The number of rotatable bonds is 6. The van der Waals surface area contributed by atoms with Gasteiger partial charge in [-0.05, 0) is 48.4 Å². The van der Waals surface area contributed by atoms with Gasteiger partial charge in [0, 0.05) is 17.0 Å². The van der Waals surface area contributed by atoms with Crippen LogP contribution in [0.25, 0.3) is 0 Å². The normalized spacial score (nSPS) is 11.6. The molecule has 0 spiro atoms. The lowest BCUT2D eigenvalue weighted by atomic mass is 9.98. The standard InChI is InChI=1S/C22H21N3O2S/c1-14-17(15(2)24-22(27)18(14)13-23)10-11-20(26)25-21(19-9-6-12-28-19)16-7-4-3-5-8-16/h3-9,12,21H,10-11H2,1-2H3,(H,24,27)(H,25,26)/t21-/m0/s1. The highest BCUT2D eigenvalue weighted by Gasteiger charge is 2.19. The van der Waals surface area contributed by atoms with Gasteiger partial charge in [0.25, 0.3) is 5.56 Å². The second-order valence-corrected chi connectivity index (χ2v) is 7.58. The summed E-state index contributed by atoms with van der Waals surface area (Å²) in [5.74, 6) is -0.0780. The zero-order chi connectivity index (χ0) is 20.1. The monoisotopic (exact) mass is 391 g/mol. The number of aromatic nitrogens is 1. The Morgan fingerprint density at radius 1 is 1.21 bits per heavy atom. The van der Waals surface area contributed by atoms with Crippen LogP contribution in [0.1, 0.15) is 45.3 Å². The number of carbonyl (C=O) groups is 1. The molecule has 3 aromatic rings. The van der Waals surface area contributed by atoms with Gasteiger partial charge < -0.3 is 10.3 Å². The minimum Gasteiger partial charge on any atom is -0.344 e. The molecule has 0 fully saturated rings. The lowest BCUT2D eigenvalue weighted by Crippen LogP contribution is -2.29. The van der Waals surface area contributed by atoms with Crippen LogP contribution < -0.4 is 10.9 Å². The number of benzene rings is 1. The number of hydrogen-bond acceptors (Lipinski definition) is 4. The van der Waals surface area contributed by atoms with Crippen molar-refractivity contribution in [3.8, 4) is 6.07 Å². The quantitative estimate of drug-likeness (QED) is 0.671. The molecular formula is C22H21N3O2S. The molecule has 2 N–H and O–H groups in total. The summed E-state index contributed by atoms with van der Waals surface area (Å²) in [6.07, 6.45) is 0.730. The maximum atomic E-state index is 12.7. The van der Waals surface area contributed by atoms with E-state index in [0.717, 1.165) is 16.0 Å². The van der Waals surface area contributed by atoms with Crippen LogP contribution in [-0.2, 0) is 11.2 Å². The molecular weight excluding hydrogens is 370 g/mol. The fourth-order valence-corrected chi connectivity index (χ4v) is 4.11. The van der Waals surface area contributed by atoms with Gasteiger partial charge in [-0.25, -0.2) is 0 Å². The Balaban J connectivity index is 1.77. The smallest absolute Gasteiger partial charge is 0.266 e. The van der Waals surface area contributed by atoms with Crippen LogP contribution in [0.3, 0.4) is 0 Å². The summed E-state index contributed by atoms with van der Waals surface area (Å²) in [4.78, 5) is 28.3. The minimum atomic E-state index is -0.382. The summed E-state index contributed by atoms with van der Waals surface area (Å²) >= 11 is 1.60. The average Bonchev–Trinajstić information content (AvgIpc) is 3.21. The van der Waals surface area contributed by atoms with Gasteiger partial charge in [-0.1, -0.05) is 36.4 Å². The van der Waals surface area contributed by atoms with E-state index in [1.54, 1.807) is 25.2 Å². The molecule has 6 heteroatoms. The van der Waals surface area contributed by atoms with Crippen molar-refractivity contribution >= 4 is 17.2 Å². The van der Waals surface area contributed by atoms with E-state index in [-0.39, 0.29) is 29.5 Å². The van der Waals surface area contributed by atoms with Crippen molar-refractivity contribution in [2.45, 2.75) is 32.7 Å². The SMILES string of the molecule is Cc1[nH]c(=O)c(C#N)c(C)c1CCC(=O)N[C@@H](c1ccccc1)c1cccs1. The Morgan fingerprint density at radius 2 is 1.96 bits per heavy atom. The van der Waals surface area contributed by atoms with E-state index in [1.807, 2.05) is 53.9 Å². The Labute approximate surface area is 167 Å². The first-order chi connectivity index (χ1) is 13.5. The zero-order valence-corrected chi connectivity index (χ0v) is 16.6. The summed E-state index contributed by atoms with van der Waals surface area (Å²) in [6, 6.07) is 15.6. The summed E-state index contributed by atoms with van der Waals surface area (Å²) in [6.45, 7) is 3.55. The van der Waals surface area contributed by atoms with Gasteiger partial charge in [-0.3, -0.25) is 9.59 Å². The number of H-pyrrole nitrogens is 1. The minimum absolute atomic E-state index is 0.0780. The fraction of sp³-hybridized carbons (Fsp3) is 0.227. The predicted molar refractivity (Wildman–Crippen MR) is 110 cm³/mol. The molecule has 0 aliphatic heterocycles. The highest BCUT2D eigenvalue weighted by Crippen LogP contribution is 2.26. The van der Waals surface area contributed by atoms with Crippen LogP contribution in [0.2, 0.25) is 0 Å². The van der Waals surface area contributed by atoms with E-state index >= 15 is 0 Å². The van der Waals surface area contributed by atoms with Gasteiger partial charge in [0.05, 0.1) is 6.04 Å². The number of nitrogens with one attached hydrogen (secondary N) is 2. The zero-order valence-electron chi connectivity index (χ0n) is 15.8. The van der Waals surface area contributed by atoms with Crippen molar-refractivity contribution in [1.82, 2.24) is 10.3 Å². The van der Waals surface area contributed by atoms with E-state index in [9.17, 15) is 14.9 Å². The number of hydrogen-bond donors (Lipinski definition) is 2. The van der Waals surface area contributed by atoms with Crippen molar-refractivity contribution in [1.29, 1.82) is 5.26 Å². The predicted octanol–water partition coefficient (Wildman–Crippen LogP) is 3.76. The third kappa shape index (κ3) is 4.21. The summed E-state index contributed by atoms with van der Waals surface area (Å²) in [5.41, 5.74) is 2.95. The van der Waals surface area contributed by atoms with Gasteiger partial charge in [0.1, 0.15) is 11.6 Å². The number of aromatic amines is 1. The first-order valence-corrected chi connectivity index (χ1v) is 9.89. The molecule has 142 valence electrons. The topological polar surface area (TPSA) is 85.8 Å². The van der Waals surface area contributed by atoms with Gasteiger partial charge in [-0.2, -0.15) is 5.26 Å². The summed E-state index contributed by atoms with van der Waals surface area (Å²) in [7, 11) is 0. The molecule has 3 rings (SSSR count). The Kier molecular flexibility index (Phi) is 6.07. The van der Waals surface area contributed by atoms with E-state index in [0.29, 0.717) is 17.7 Å². The van der Waals surface area contributed by atoms with Gasteiger partial charge in [0.2, 0.25) is 5.91 Å². The van der Waals surface area contributed by atoms with Crippen molar-refractivity contribution in [3.63, 3.8) is 0 Å². The second kappa shape index (κ2) is 8.68.